The Balaban J connectivity index is 2.28. The smallest absolute Gasteiger partial charge is 0.416 e. The minimum Gasteiger partial charge on any atom is -0.475 e. The lowest BCUT2D eigenvalue weighted by molar-refractivity contribution is -0.137. The number of ether oxygens (including phenoxy) is 1. The first-order valence-electron chi connectivity index (χ1n) is 6.16. The van der Waals surface area contributed by atoms with Gasteiger partial charge in [0.05, 0.1) is 11.7 Å². The normalized spacial score (nSPS) is 11.7. The van der Waals surface area contributed by atoms with Crippen molar-refractivity contribution in [3.63, 3.8) is 0 Å². The maximum Gasteiger partial charge on any atom is 0.416 e. The largest absolute Gasteiger partial charge is 0.475 e. The molecule has 0 saturated heterocycles. The highest BCUT2D eigenvalue weighted by molar-refractivity contribution is 5.63. The summed E-state index contributed by atoms with van der Waals surface area (Å²) in [6.45, 7) is 3.75. The van der Waals surface area contributed by atoms with Gasteiger partial charge in [-0.15, -0.1) is 0 Å². The van der Waals surface area contributed by atoms with Gasteiger partial charge in [-0.3, -0.25) is 0 Å². The van der Waals surface area contributed by atoms with E-state index < -0.39 is 11.7 Å². The van der Waals surface area contributed by atoms with E-state index in [4.69, 9.17) is 4.74 Å². The van der Waals surface area contributed by atoms with Gasteiger partial charge >= 0.3 is 6.18 Å². The molecule has 0 spiro atoms. The Kier molecular flexibility index (Phi) is 3.97. The van der Waals surface area contributed by atoms with E-state index in [0.29, 0.717) is 17.0 Å². The standard InChI is InChI=1S/C15H14F3NO/c1-10(2)20-14-7-6-12(9-19-14)11-4-3-5-13(8-11)15(16,17)18/h3-10H,1-2H3. The molecule has 1 heterocycles. The van der Waals surface area contributed by atoms with Gasteiger partial charge in [0.2, 0.25) is 5.88 Å². The third-order valence-electron chi connectivity index (χ3n) is 2.62. The van der Waals surface area contributed by atoms with Crippen molar-refractivity contribution < 1.29 is 17.9 Å². The van der Waals surface area contributed by atoms with Crippen molar-refractivity contribution in [3.8, 4) is 17.0 Å². The van der Waals surface area contributed by atoms with Gasteiger partial charge in [0.1, 0.15) is 0 Å². The lowest BCUT2D eigenvalue weighted by Crippen LogP contribution is -2.06. The maximum atomic E-state index is 12.7. The van der Waals surface area contributed by atoms with Crippen LogP contribution in [0.4, 0.5) is 13.2 Å². The predicted octanol–water partition coefficient (Wildman–Crippen LogP) is 4.55. The molecule has 2 rings (SSSR count). The molecule has 0 aliphatic carbocycles. The second-order valence-electron chi connectivity index (χ2n) is 4.63. The van der Waals surface area contributed by atoms with Crippen LogP contribution in [0.25, 0.3) is 11.1 Å². The van der Waals surface area contributed by atoms with E-state index in [-0.39, 0.29) is 6.10 Å². The van der Waals surface area contributed by atoms with Crippen LogP contribution < -0.4 is 4.74 Å². The van der Waals surface area contributed by atoms with Crippen molar-refractivity contribution in [2.75, 3.05) is 0 Å². The van der Waals surface area contributed by atoms with Crippen molar-refractivity contribution in [2.24, 2.45) is 0 Å². The fraction of sp³-hybridized carbons (Fsp3) is 0.267. The summed E-state index contributed by atoms with van der Waals surface area (Å²) in [5, 5.41) is 0. The molecule has 0 aliphatic heterocycles. The number of hydrogen-bond acceptors (Lipinski definition) is 2. The molecule has 0 N–H and O–H groups in total. The van der Waals surface area contributed by atoms with Crippen LogP contribution in [-0.4, -0.2) is 11.1 Å². The molecule has 2 nitrogen and oxygen atoms in total. The van der Waals surface area contributed by atoms with E-state index >= 15 is 0 Å². The molecule has 0 unspecified atom stereocenters. The molecular formula is C15H14F3NO. The first kappa shape index (κ1) is 14.4. The van der Waals surface area contributed by atoms with E-state index in [1.165, 1.54) is 12.3 Å². The zero-order valence-electron chi connectivity index (χ0n) is 11.1. The summed E-state index contributed by atoms with van der Waals surface area (Å²) in [5.74, 6) is 0.454. The molecule has 1 aromatic heterocycles. The highest BCUT2D eigenvalue weighted by Crippen LogP contribution is 2.32. The molecule has 0 radical (unpaired) electrons. The van der Waals surface area contributed by atoms with Crippen molar-refractivity contribution in [1.29, 1.82) is 0 Å². The minimum absolute atomic E-state index is 0.00177. The van der Waals surface area contributed by atoms with Gasteiger partial charge in [-0.25, -0.2) is 4.98 Å². The van der Waals surface area contributed by atoms with Crippen LogP contribution in [0.15, 0.2) is 42.6 Å². The van der Waals surface area contributed by atoms with Gasteiger partial charge in [-0.2, -0.15) is 13.2 Å². The summed E-state index contributed by atoms with van der Waals surface area (Å²) in [7, 11) is 0. The number of pyridine rings is 1. The van der Waals surface area contributed by atoms with Crippen LogP contribution in [0.5, 0.6) is 5.88 Å². The number of hydrogen-bond donors (Lipinski definition) is 0. The fourth-order valence-corrected chi connectivity index (χ4v) is 1.74. The molecule has 0 amide bonds. The third kappa shape index (κ3) is 3.50. The van der Waals surface area contributed by atoms with E-state index in [1.807, 2.05) is 13.8 Å². The Morgan fingerprint density at radius 2 is 1.80 bits per heavy atom. The van der Waals surface area contributed by atoms with Crippen molar-refractivity contribution in [3.05, 3.63) is 48.2 Å². The second kappa shape index (κ2) is 5.53. The molecular weight excluding hydrogens is 267 g/mol. The van der Waals surface area contributed by atoms with Crippen LogP contribution >= 0.6 is 0 Å². The Labute approximate surface area is 115 Å². The van der Waals surface area contributed by atoms with Crippen molar-refractivity contribution in [1.82, 2.24) is 4.98 Å². The van der Waals surface area contributed by atoms with Crippen LogP contribution in [0.1, 0.15) is 19.4 Å². The average Bonchev–Trinajstić information content (AvgIpc) is 2.38. The van der Waals surface area contributed by atoms with E-state index in [1.54, 1.807) is 18.2 Å². The summed E-state index contributed by atoms with van der Waals surface area (Å²) in [4.78, 5) is 4.08. The van der Waals surface area contributed by atoms with Crippen LogP contribution in [0.3, 0.4) is 0 Å². The molecule has 20 heavy (non-hydrogen) atoms. The lowest BCUT2D eigenvalue weighted by Gasteiger charge is -2.10. The van der Waals surface area contributed by atoms with E-state index in [9.17, 15) is 13.2 Å². The first-order chi connectivity index (χ1) is 9.36. The number of benzene rings is 1. The quantitative estimate of drug-likeness (QED) is 0.823. The number of nitrogens with zero attached hydrogens (tertiary/aromatic N) is 1. The molecule has 0 fully saturated rings. The summed E-state index contributed by atoms with van der Waals surface area (Å²) in [5.41, 5.74) is 0.424. The number of rotatable bonds is 3. The third-order valence-corrected chi connectivity index (χ3v) is 2.62. The summed E-state index contributed by atoms with van der Waals surface area (Å²) >= 11 is 0. The molecule has 5 heteroatoms. The molecule has 106 valence electrons. The number of aromatic nitrogens is 1. The zero-order chi connectivity index (χ0) is 14.8. The summed E-state index contributed by atoms with van der Waals surface area (Å²) in [6, 6.07) is 8.51. The minimum atomic E-state index is -4.34. The lowest BCUT2D eigenvalue weighted by atomic mass is 10.0. The molecule has 0 atom stereocenters. The van der Waals surface area contributed by atoms with Gasteiger partial charge in [0.25, 0.3) is 0 Å². The molecule has 2 aromatic rings. The zero-order valence-corrected chi connectivity index (χ0v) is 11.1. The molecule has 0 aliphatic rings. The fourth-order valence-electron chi connectivity index (χ4n) is 1.74. The Morgan fingerprint density at radius 3 is 2.35 bits per heavy atom. The summed E-state index contributed by atoms with van der Waals surface area (Å²) < 4.78 is 43.4. The van der Waals surface area contributed by atoms with Gasteiger partial charge < -0.3 is 4.74 Å². The monoisotopic (exact) mass is 281 g/mol. The highest BCUT2D eigenvalue weighted by atomic mass is 19.4. The maximum absolute atomic E-state index is 12.7. The van der Waals surface area contributed by atoms with E-state index in [0.717, 1.165) is 12.1 Å². The van der Waals surface area contributed by atoms with Crippen molar-refractivity contribution in [2.45, 2.75) is 26.1 Å². The van der Waals surface area contributed by atoms with Crippen LogP contribution in [0.2, 0.25) is 0 Å². The number of halogens is 3. The average molecular weight is 281 g/mol. The molecule has 0 saturated carbocycles. The van der Waals surface area contributed by atoms with Gasteiger partial charge in [0.15, 0.2) is 0 Å². The highest BCUT2D eigenvalue weighted by Gasteiger charge is 2.30. The van der Waals surface area contributed by atoms with Gasteiger partial charge in [0, 0.05) is 17.8 Å². The topological polar surface area (TPSA) is 22.1 Å². The molecule has 0 bridgehead atoms. The van der Waals surface area contributed by atoms with Crippen LogP contribution in [0, 0.1) is 0 Å². The Hall–Kier alpha value is -2.04. The first-order valence-corrected chi connectivity index (χ1v) is 6.16. The van der Waals surface area contributed by atoms with Crippen LogP contribution in [-0.2, 0) is 6.18 Å². The van der Waals surface area contributed by atoms with Crippen molar-refractivity contribution >= 4 is 0 Å². The van der Waals surface area contributed by atoms with E-state index in [2.05, 4.69) is 4.98 Å². The predicted molar refractivity (Wildman–Crippen MR) is 70.4 cm³/mol. The molecule has 1 aromatic carbocycles. The Morgan fingerprint density at radius 1 is 1.05 bits per heavy atom. The van der Waals surface area contributed by atoms with Gasteiger partial charge in [-0.05, 0) is 37.6 Å². The SMILES string of the molecule is CC(C)Oc1ccc(-c2cccc(C(F)(F)F)c2)cn1. The summed E-state index contributed by atoms with van der Waals surface area (Å²) in [6.07, 6.45) is -2.83. The van der Waals surface area contributed by atoms with Gasteiger partial charge in [-0.1, -0.05) is 12.1 Å². The number of alkyl halides is 3. The Bertz CT molecular complexity index is 576. The second-order valence-corrected chi connectivity index (χ2v) is 4.63.